The Morgan fingerprint density at radius 1 is 1.02 bits per heavy atom. The first-order chi connectivity index (χ1) is 19.4. The summed E-state index contributed by atoms with van der Waals surface area (Å²) < 4.78 is 30.8. The Bertz CT molecular complexity index is 1780. The second-order valence-electron chi connectivity index (χ2n) is 10.6. The van der Waals surface area contributed by atoms with Gasteiger partial charge in [-0.1, -0.05) is 12.1 Å². The molecule has 4 N–H and O–H groups in total. The lowest BCUT2D eigenvalue weighted by Gasteiger charge is -2.09. The number of carbonyl (C=O) groups is 1. The monoisotopic (exact) mass is 537 g/mol. The summed E-state index contributed by atoms with van der Waals surface area (Å²) >= 11 is 0. The van der Waals surface area contributed by atoms with Crippen LogP contribution in [0.25, 0.3) is 27.9 Å². The Morgan fingerprint density at radius 3 is 2.60 bits per heavy atom. The predicted octanol–water partition coefficient (Wildman–Crippen LogP) is 5.39. The molecule has 1 spiro atoms. The molecule has 0 radical (unpaired) electrons. The number of hydrogen-bond donors (Lipinski definition) is 3. The van der Waals surface area contributed by atoms with Crippen molar-refractivity contribution in [3.8, 4) is 22.4 Å². The number of fused-ring (bicyclic) bond motifs is 1. The van der Waals surface area contributed by atoms with Gasteiger partial charge in [0.1, 0.15) is 40.3 Å². The van der Waals surface area contributed by atoms with Gasteiger partial charge in [0, 0.05) is 36.3 Å². The number of aromatic nitrogens is 4. The highest BCUT2D eigenvalue weighted by Gasteiger charge is 2.49. The minimum Gasteiger partial charge on any atom is -0.382 e. The van der Waals surface area contributed by atoms with E-state index in [1.807, 2.05) is 4.40 Å². The van der Waals surface area contributed by atoms with Crippen LogP contribution >= 0.6 is 0 Å². The van der Waals surface area contributed by atoms with Crippen LogP contribution in [0, 0.1) is 17.0 Å². The molecule has 1 amide bonds. The van der Waals surface area contributed by atoms with Gasteiger partial charge < -0.3 is 16.4 Å². The number of nitrogens with two attached hydrogens (primary N) is 1. The summed E-state index contributed by atoms with van der Waals surface area (Å²) in [7, 11) is 0. The molecule has 1 aliphatic heterocycles. The van der Waals surface area contributed by atoms with Crippen molar-refractivity contribution in [1.82, 2.24) is 24.7 Å². The standard InChI is InChI=1S/C30H25F2N7O/c31-20-4-1-17(2-5-20)18-7-10-34-24(14-18)37-29(40)19-3-6-21(22(32)13-19)25-26-27(33)35-11-12-39(26)28(38-25)23-15-30(8-9-30)16-36-23/h1-7,10-14,23,36H,8-9,15-16H2,(H2,33,35)(H,34,37,40)/t23-/m0/s1. The topological polar surface area (TPSA) is 110 Å². The normalized spacial score (nSPS) is 17.4. The lowest BCUT2D eigenvalue weighted by Crippen LogP contribution is -2.16. The van der Waals surface area contributed by atoms with Crippen molar-refractivity contribution < 1.29 is 13.6 Å². The van der Waals surface area contributed by atoms with Crippen molar-refractivity contribution >= 4 is 23.1 Å². The summed E-state index contributed by atoms with van der Waals surface area (Å²) in [5.41, 5.74) is 9.40. The van der Waals surface area contributed by atoms with E-state index in [0.717, 1.165) is 29.9 Å². The Balaban J connectivity index is 1.18. The van der Waals surface area contributed by atoms with E-state index in [-0.39, 0.29) is 34.6 Å². The van der Waals surface area contributed by atoms with Gasteiger partial charge in [0.05, 0.1) is 6.04 Å². The van der Waals surface area contributed by atoms with Crippen LogP contribution in [0.4, 0.5) is 20.4 Å². The SMILES string of the molecule is Nc1nccn2c([C@@H]3CC4(CC4)CN3)nc(-c3ccc(C(=O)Nc4cc(-c5ccc(F)cc5)ccn4)cc3F)c12. The van der Waals surface area contributed by atoms with Crippen LogP contribution in [0.5, 0.6) is 0 Å². The van der Waals surface area contributed by atoms with Crippen molar-refractivity contribution in [3.05, 3.63) is 96.2 Å². The van der Waals surface area contributed by atoms with Crippen LogP contribution in [0.2, 0.25) is 0 Å². The van der Waals surface area contributed by atoms with E-state index in [2.05, 4.69) is 20.6 Å². The average molecular weight is 538 g/mol. The molecule has 2 aromatic carbocycles. The molecule has 1 saturated heterocycles. The second kappa shape index (κ2) is 9.20. The van der Waals surface area contributed by atoms with Gasteiger partial charge in [-0.3, -0.25) is 9.20 Å². The summed E-state index contributed by atoms with van der Waals surface area (Å²) in [5.74, 6) is -0.140. The third-order valence-electron chi connectivity index (χ3n) is 7.91. The summed E-state index contributed by atoms with van der Waals surface area (Å²) in [6.07, 6.45) is 8.35. The number of nitrogens with zero attached hydrogens (tertiary/aromatic N) is 4. The molecule has 1 saturated carbocycles. The first-order valence-electron chi connectivity index (χ1n) is 13.1. The van der Waals surface area contributed by atoms with E-state index >= 15 is 4.39 Å². The molecule has 0 bridgehead atoms. The van der Waals surface area contributed by atoms with Crippen molar-refractivity contribution in [2.75, 3.05) is 17.6 Å². The largest absolute Gasteiger partial charge is 0.382 e. The third kappa shape index (κ3) is 4.26. The number of hydrogen-bond acceptors (Lipinski definition) is 6. The Labute approximate surface area is 228 Å². The van der Waals surface area contributed by atoms with Gasteiger partial charge in [-0.15, -0.1) is 0 Å². The number of amides is 1. The molecule has 4 heterocycles. The van der Waals surface area contributed by atoms with Crippen LogP contribution in [0.15, 0.2) is 73.2 Å². The first kappa shape index (κ1) is 24.3. The van der Waals surface area contributed by atoms with Crippen LogP contribution < -0.4 is 16.4 Å². The van der Waals surface area contributed by atoms with E-state index in [0.29, 0.717) is 16.6 Å². The van der Waals surface area contributed by atoms with E-state index < -0.39 is 11.7 Å². The summed E-state index contributed by atoms with van der Waals surface area (Å²) in [6, 6.07) is 13.7. The highest BCUT2D eigenvalue weighted by atomic mass is 19.1. The molecule has 7 rings (SSSR count). The van der Waals surface area contributed by atoms with Crippen molar-refractivity contribution in [1.29, 1.82) is 0 Å². The number of nitrogen functional groups attached to an aromatic ring is 1. The molecular weight excluding hydrogens is 512 g/mol. The Hall–Kier alpha value is -4.70. The number of halogens is 2. The van der Waals surface area contributed by atoms with E-state index in [4.69, 9.17) is 10.7 Å². The minimum absolute atomic E-state index is 0.0387. The van der Waals surface area contributed by atoms with Gasteiger partial charge >= 0.3 is 0 Å². The maximum absolute atomic E-state index is 15.6. The van der Waals surface area contributed by atoms with E-state index in [1.165, 1.54) is 37.1 Å². The van der Waals surface area contributed by atoms with Crippen molar-refractivity contribution in [2.24, 2.45) is 5.41 Å². The van der Waals surface area contributed by atoms with Gasteiger partial charge in [0.15, 0.2) is 0 Å². The molecule has 200 valence electrons. The molecule has 3 aromatic heterocycles. The van der Waals surface area contributed by atoms with Crippen LogP contribution in [-0.4, -0.2) is 31.8 Å². The van der Waals surface area contributed by atoms with E-state index in [1.54, 1.807) is 48.9 Å². The smallest absolute Gasteiger partial charge is 0.256 e. The van der Waals surface area contributed by atoms with Gasteiger partial charge in [-0.25, -0.2) is 23.7 Å². The third-order valence-corrected chi connectivity index (χ3v) is 7.91. The van der Waals surface area contributed by atoms with Gasteiger partial charge in [-0.2, -0.15) is 0 Å². The maximum Gasteiger partial charge on any atom is 0.256 e. The lowest BCUT2D eigenvalue weighted by atomic mass is 10.0. The predicted molar refractivity (Wildman–Crippen MR) is 147 cm³/mol. The first-order valence-corrected chi connectivity index (χ1v) is 13.1. The van der Waals surface area contributed by atoms with Gasteiger partial charge in [-0.05, 0) is 78.3 Å². The van der Waals surface area contributed by atoms with Crippen molar-refractivity contribution in [3.63, 3.8) is 0 Å². The highest BCUT2D eigenvalue weighted by Crippen LogP contribution is 2.55. The number of benzene rings is 2. The number of carbonyl (C=O) groups excluding carboxylic acids is 1. The molecule has 0 unspecified atom stereocenters. The van der Waals surface area contributed by atoms with Gasteiger partial charge in [0.25, 0.3) is 5.91 Å². The van der Waals surface area contributed by atoms with Crippen LogP contribution in [-0.2, 0) is 0 Å². The zero-order valence-corrected chi connectivity index (χ0v) is 21.4. The molecule has 10 heteroatoms. The molecule has 40 heavy (non-hydrogen) atoms. The van der Waals surface area contributed by atoms with Crippen molar-refractivity contribution in [2.45, 2.75) is 25.3 Å². The fourth-order valence-electron chi connectivity index (χ4n) is 5.54. The maximum atomic E-state index is 15.6. The lowest BCUT2D eigenvalue weighted by molar-refractivity contribution is 0.102. The quantitative estimate of drug-likeness (QED) is 0.278. The number of anilines is 2. The molecular formula is C30H25F2N7O. The number of imidazole rings is 1. The molecule has 1 aliphatic carbocycles. The molecule has 2 fully saturated rings. The van der Waals surface area contributed by atoms with E-state index in [9.17, 15) is 9.18 Å². The zero-order valence-electron chi connectivity index (χ0n) is 21.4. The van der Waals surface area contributed by atoms with Crippen LogP contribution in [0.1, 0.15) is 41.5 Å². The summed E-state index contributed by atoms with van der Waals surface area (Å²) in [4.78, 5) is 26.3. The Morgan fingerprint density at radius 2 is 1.85 bits per heavy atom. The number of rotatable bonds is 5. The Kier molecular flexibility index (Phi) is 5.60. The van der Waals surface area contributed by atoms with Crippen LogP contribution in [0.3, 0.4) is 0 Å². The second-order valence-corrected chi connectivity index (χ2v) is 10.6. The highest BCUT2D eigenvalue weighted by molar-refractivity contribution is 6.04. The summed E-state index contributed by atoms with van der Waals surface area (Å²) in [6.45, 7) is 0.947. The summed E-state index contributed by atoms with van der Waals surface area (Å²) in [5, 5.41) is 6.28. The zero-order chi connectivity index (χ0) is 27.4. The molecule has 1 atom stereocenters. The number of pyridine rings is 1. The van der Waals surface area contributed by atoms with Gasteiger partial charge in [0.2, 0.25) is 0 Å². The minimum atomic E-state index is -0.603. The number of nitrogens with one attached hydrogen (secondary N) is 2. The molecule has 5 aromatic rings. The fraction of sp³-hybridized carbons (Fsp3) is 0.200. The molecule has 8 nitrogen and oxygen atoms in total. The molecule has 2 aliphatic rings. The average Bonchev–Trinajstić information content (AvgIpc) is 3.41. The fourth-order valence-corrected chi connectivity index (χ4v) is 5.54.